The van der Waals surface area contributed by atoms with Crippen LogP contribution in [0.3, 0.4) is 0 Å². The second-order valence-corrected chi connectivity index (χ2v) is 5.25. The van der Waals surface area contributed by atoms with Crippen LogP contribution in [0, 0.1) is 5.92 Å². The lowest BCUT2D eigenvalue weighted by atomic mass is 9.94. The van der Waals surface area contributed by atoms with Crippen LogP contribution < -0.4 is 10.5 Å². The third-order valence-electron chi connectivity index (χ3n) is 3.59. The highest BCUT2D eigenvalue weighted by atomic mass is 35.5. The Hall–Kier alpha value is -1.47. The van der Waals surface area contributed by atoms with Gasteiger partial charge in [-0.1, -0.05) is 6.92 Å². The standard InChI is InChI=1S/C14H17F3N2O2.ClH/c1-9-8-19(7-6-12(9)18)13(20)10-2-4-11(5-3-10)21-14(15,16)17;/h2-5,9,12H,6-8,18H2,1H3;1H. The zero-order valence-electron chi connectivity index (χ0n) is 12.0. The average molecular weight is 339 g/mol. The molecular weight excluding hydrogens is 321 g/mol. The van der Waals surface area contributed by atoms with Crippen LogP contribution in [0.5, 0.6) is 5.75 Å². The van der Waals surface area contributed by atoms with E-state index in [0.717, 1.165) is 18.6 Å². The number of likely N-dealkylation sites (tertiary alicyclic amines) is 1. The molecule has 0 bridgehead atoms. The Morgan fingerprint density at radius 2 is 1.91 bits per heavy atom. The quantitative estimate of drug-likeness (QED) is 0.902. The van der Waals surface area contributed by atoms with Crippen molar-refractivity contribution in [2.24, 2.45) is 11.7 Å². The number of alkyl halides is 3. The number of piperidine rings is 1. The molecule has 0 saturated carbocycles. The van der Waals surface area contributed by atoms with E-state index in [1.54, 1.807) is 4.90 Å². The number of rotatable bonds is 2. The molecule has 0 radical (unpaired) electrons. The van der Waals surface area contributed by atoms with E-state index in [1.807, 2.05) is 6.92 Å². The van der Waals surface area contributed by atoms with Crippen molar-refractivity contribution < 1.29 is 22.7 Å². The molecule has 1 aromatic rings. The fourth-order valence-electron chi connectivity index (χ4n) is 2.33. The van der Waals surface area contributed by atoms with Gasteiger partial charge in [-0.2, -0.15) is 0 Å². The summed E-state index contributed by atoms with van der Waals surface area (Å²) in [4.78, 5) is 13.9. The molecule has 2 N–H and O–H groups in total. The summed E-state index contributed by atoms with van der Waals surface area (Å²) < 4.78 is 40.0. The Kier molecular flexibility index (Phi) is 6.08. The maximum atomic E-state index is 12.3. The summed E-state index contributed by atoms with van der Waals surface area (Å²) in [5.74, 6) is -0.337. The predicted octanol–water partition coefficient (Wildman–Crippen LogP) is 2.82. The molecular formula is C14H18ClF3N2O2. The van der Waals surface area contributed by atoms with E-state index < -0.39 is 6.36 Å². The lowest BCUT2D eigenvalue weighted by Gasteiger charge is -2.35. The van der Waals surface area contributed by atoms with Crippen molar-refractivity contribution in [3.63, 3.8) is 0 Å². The Labute approximate surface area is 132 Å². The normalized spacial score (nSPS) is 22.0. The molecule has 1 aromatic carbocycles. The van der Waals surface area contributed by atoms with E-state index in [2.05, 4.69) is 4.74 Å². The van der Waals surface area contributed by atoms with Gasteiger partial charge in [-0.15, -0.1) is 25.6 Å². The molecule has 1 aliphatic heterocycles. The summed E-state index contributed by atoms with van der Waals surface area (Å²) in [6, 6.07) is 5.03. The number of amides is 1. The molecule has 2 rings (SSSR count). The molecule has 0 aliphatic carbocycles. The number of benzene rings is 1. The van der Waals surface area contributed by atoms with Crippen LogP contribution in [0.15, 0.2) is 24.3 Å². The molecule has 8 heteroatoms. The summed E-state index contributed by atoms with van der Waals surface area (Å²) in [5, 5.41) is 0. The Morgan fingerprint density at radius 3 is 2.41 bits per heavy atom. The van der Waals surface area contributed by atoms with Gasteiger partial charge in [-0.05, 0) is 36.6 Å². The molecule has 1 saturated heterocycles. The SMILES string of the molecule is CC1CN(C(=O)c2ccc(OC(F)(F)F)cc2)CCC1N.Cl. The van der Waals surface area contributed by atoms with Crippen LogP contribution in [0.2, 0.25) is 0 Å². The first kappa shape index (κ1) is 18.6. The first-order valence-corrected chi connectivity index (χ1v) is 6.67. The van der Waals surface area contributed by atoms with Crippen LogP contribution in [0.25, 0.3) is 0 Å². The number of ether oxygens (including phenoxy) is 1. The number of hydrogen-bond donors (Lipinski definition) is 1. The molecule has 1 aliphatic rings. The summed E-state index contributed by atoms with van der Waals surface area (Å²) >= 11 is 0. The van der Waals surface area contributed by atoms with Gasteiger partial charge in [0.2, 0.25) is 0 Å². The number of carbonyl (C=O) groups excluding carboxylic acids is 1. The first-order chi connectivity index (χ1) is 9.76. The van der Waals surface area contributed by atoms with Gasteiger partial charge in [0.05, 0.1) is 0 Å². The Balaban J connectivity index is 0.00000242. The second kappa shape index (κ2) is 7.19. The van der Waals surface area contributed by atoms with Gasteiger partial charge in [0.1, 0.15) is 5.75 Å². The molecule has 2 atom stereocenters. The van der Waals surface area contributed by atoms with Crippen molar-refractivity contribution >= 4 is 18.3 Å². The minimum Gasteiger partial charge on any atom is -0.406 e. The van der Waals surface area contributed by atoms with Gasteiger partial charge in [-0.3, -0.25) is 4.79 Å². The topological polar surface area (TPSA) is 55.6 Å². The molecule has 1 amide bonds. The van der Waals surface area contributed by atoms with Crippen LogP contribution in [0.4, 0.5) is 13.2 Å². The van der Waals surface area contributed by atoms with Crippen molar-refractivity contribution in [1.82, 2.24) is 4.90 Å². The summed E-state index contributed by atoms with van der Waals surface area (Å²) in [7, 11) is 0. The Bertz CT molecular complexity index is 508. The molecule has 2 unspecified atom stereocenters. The lowest BCUT2D eigenvalue weighted by Crippen LogP contribution is -2.48. The number of halogens is 4. The zero-order chi connectivity index (χ0) is 15.6. The van der Waals surface area contributed by atoms with Gasteiger partial charge in [-0.25, -0.2) is 0 Å². The van der Waals surface area contributed by atoms with Crippen LogP contribution >= 0.6 is 12.4 Å². The monoisotopic (exact) mass is 338 g/mol. The van der Waals surface area contributed by atoms with E-state index in [4.69, 9.17) is 5.73 Å². The molecule has 22 heavy (non-hydrogen) atoms. The van der Waals surface area contributed by atoms with Crippen molar-refractivity contribution in [1.29, 1.82) is 0 Å². The van der Waals surface area contributed by atoms with Gasteiger partial charge in [0, 0.05) is 24.7 Å². The van der Waals surface area contributed by atoms with E-state index in [9.17, 15) is 18.0 Å². The van der Waals surface area contributed by atoms with E-state index in [0.29, 0.717) is 18.7 Å². The fourth-order valence-corrected chi connectivity index (χ4v) is 2.33. The van der Waals surface area contributed by atoms with Gasteiger partial charge in [0.25, 0.3) is 5.91 Å². The van der Waals surface area contributed by atoms with Crippen LogP contribution in [0.1, 0.15) is 23.7 Å². The summed E-state index contributed by atoms with van der Waals surface area (Å²) in [6.45, 7) is 3.09. The number of carbonyl (C=O) groups is 1. The average Bonchev–Trinajstić information content (AvgIpc) is 2.40. The van der Waals surface area contributed by atoms with Crippen molar-refractivity contribution in [2.75, 3.05) is 13.1 Å². The summed E-state index contributed by atoms with van der Waals surface area (Å²) in [6.07, 6.45) is -4.01. The van der Waals surface area contributed by atoms with Crippen molar-refractivity contribution in [2.45, 2.75) is 25.7 Å². The maximum absolute atomic E-state index is 12.3. The van der Waals surface area contributed by atoms with Gasteiger partial charge < -0.3 is 15.4 Å². The molecule has 0 aromatic heterocycles. The summed E-state index contributed by atoms with van der Waals surface area (Å²) in [5.41, 5.74) is 6.24. The minimum atomic E-state index is -4.73. The predicted molar refractivity (Wildman–Crippen MR) is 78.0 cm³/mol. The highest BCUT2D eigenvalue weighted by molar-refractivity contribution is 5.94. The number of nitrogens with zero attached hydrogens (tertiary/aromatic N) is 1. The molecule has 124 valence electrons. The van der Waals surface area contributed by atoms with Gasteiger partial charge in [0.15, 0.2) is 0 Å². The molecule has 4 nitrogen and oxygen atoms in total. The largest absolute Gasteiger partial charge is 0.573 e. The minimum absolute atomic E-state index is 0. The van der Waals surface area contributed by atoms with E-state index in [1.165, 1.54) is 12.1 Å². The first-order valence-electron chi connectivity index (χ1n) is 6.67. The van der Waals surface area contributed by atoms with E-state index in [-0.39, 0.29) is 36.0 Å². The lowest BCUT2D eigenvalue weighted by molar-refractivity contribution is -0.274. The van der Waals surface area contributed by atoms with Gasteiger partial charge >= 0.3 is 6.36 Å². The maximum Gasteiger partial charge on any atom is 0.573 e. The van der Waals surface area contributed by atoms with Crippen molar-refractivity contribution in [3.05, 3.63) is 29.8 Å². The fraction of sp³-hybridized carbons (Fsp3) is 0.500. The van der Waals surface area contributed by atoms with Crippen LogP contribution in [-0.2, 0) is 0 Å². The number of hydrogen-bond acceptors (Lipinski definition) is 3. The zero-order valence-corrected chi connectivity index (χ0v) is 12.8. The van der Waals surface area contributed by atoms with E-state index >= 15 is 0 Å². The smallest absolute Gasteiger partial charge is 0.406 e. The third kappa shape index (κ3) is 4.78. The molecule has 1 fully saturated rings. The highest BCUT2D eigenvalue weighted by Crippen LogP contribution is 2.24. The molecule has 0 spiro atoms. The Morgan fingerprint density at radius 1 is 1.32 bits per heavy atom. The van der Waals surface area contributed by atoms with Crippen molar-refractivity contribution in [3.8, 4) is 5.75 Å². The highest BCUT2D eigenvalue weighted by Gasteiger charge is 2.31. The molecule has 1 heterocycles. The number of nitrogens with two attached hydrogens (primary N) is 1. The third-order valence-corrected chi connectivity index (χ3v) is 3.59. The van der Waals surface area contributed by atoms with Crippen LogP contribution in [-0.4, -0.2) is 36.3 Å². The second-order valence-electron chi connectivity index (χ2n) is 5.25.